The molecule has 1 heterocycles. The van der Waals surface area contributed by atoms with Crippen LogP contribution in [0.4, 0.5) is 5.69 Å². The molecule has 2 atom stereocenters. The molecule has 0 aliphatic carbocycles. The van der Waals surface area contributed by atoms with Gasteiger partial charge in [-0.2, -0.15) is 0 Å². The summed E-state index contributed by atoms with van der Waals surface area (Å²) in [6.45, 7) is 8.81. The van der Waals surface area contributed by atoms with Crippen molar-refractivity contribution in [3.63, 3.8) is 0 Å². The Morgan fingerprint density at radius 2 is 1.78 bits per heavy atom. The molecule has 7 heteroatoms. The lowest BCUT2D eigenvalue weighted by Gasteiger charge is -2.32. The van der Waals surface area contributed by atoms with Crippen LogP contribution in [0, 0.1) is 0 Å². The van der Waals surface area contributed by atoms with Gasteiger partial charge < -0.3 is 19.5 Å². The number of rotatable bonds is 10. The molecule has 0 bridgehead atoms. The summed E-state index contributed by atoms with van der Waals surface area (Å²) in [5.74, 6) is 1.48. The third kappa shape index (κ3) is 5.52. The zero-order valence-corrected chi connectivity index (χ0v) is 19.2. The van der Waals surface area contributed by atoms with Gasteiger partial charge in [0, 0.05) is 0 Å². The molecule has 0 fully saturated rings. The van der Waals surface area contributed by atoms with Gasteiger partial charge in [-0.05, 0) is 56.5 Å². The predicted octanol–water partition coefficient (Wildman–Crippen LogP) is 4.26. The number of amides is 2. The summed E-state index contributed by atoms with van der Waals surface area (Å²) >= 11 is 0. The monoisotopic (exact) mass is 440 g/mol. The second-order valence-electron chi connectivity index (χ2n) is 7.84. The largest absolute Gasteiger partial charge is 0.490 e. The minimum absolute atomic E-state index is 0.0786. The first-order valence-corrected chi connectivity index (χ1v) is 11.2. The first kappa shape index (κ1) is 23.4. The summed E-state index contributed by atoms with van der Waals surface area (Å²) in [6.07, 6.45) is 1.16. The highest BCUT2D eigenvalue weighted by Crippen LogP contribution is 2.34. The van der Waals surface area contributed by atoms with Crippen molar-refractivity contribution in [2.75, 3.05) is 24.7 Å². The van der Waals surface area contributed by atoms with E-state index in [9.17, 15) is 9.59 Å². The Bertz CT molecular complexity index is 946. The van der Waals surface area contributed by atoms with Gasteiger partial charge in [0.1, 0.15) is 12.3 Å². The zero-order valence-electron chi connectivity index (χ0n) is 19.2. The molecule has 0 saturated heterocycles. The lowest BCUT2D eigenvalue weighted by atomic mass is 10.1. The van der Waals surface area contributed by atoms with Crippen molar-refractivity contribution >= 4 is 17.5 Å². The van der Waals surface area contributed by atoms with Gasteiger partial charge in [0.05, 0.1) is 24.9 Å². The van der Waals surface area contributed by atoms with Crippen LogP contribution in [0.3, 0.4) is 0 Å². The van der Waals surface area contributed by atoms with Crippen LogP contribution in [0.25, 0.3) is 0 Å². The fraction of sp³-hybridized carbons (Fsp3) is 0.440. The van der Waals surface area contributed by atoms with E-state index >= 15 is 0 Å². The first-order valence-electron chi connectivity index (χ1n) is 11.2. The van der Waals surface area contributed by atoms with Gasteiger partial charge in [0.25, 0.3) is 5.91 Å². The molecule has 1 aliphatic heterocycles. The molecule has 3 rings (SSSR count). The topological polar surface area (TPSA) is 77.1 Å². The van der Waals surface area contributed by atoms with Gasteiger partial charge in [-0.3, -0.25) is 14.5 Å². The number of nitrogens with zero attached hydrogens (tertiary/aromatic N) is 1. The van der Waals surface area contributed by atoms with E-state index in [0.717, 1.165) is 18.4 Å². The Hall–Kier alpha value is -3.22. The van der Waals surface area contributed by atoms with E-state index in [2.05, 4.69) is 12.2 Å². The Kier molecular flexibility index (Phi) is 7.98. The van der Waals surface area contributed by atoms with Crippen LogP contribution in [-0.2, 0) is 9.59 Å². The Morgan fingerprint density at radius 3 is 2.50 bits per heavy atom. The van der Waals surface area contributed by atoms with E-state index in [1.54, 1.807) is 19.1 Å². The summed E-state index contributed by atoms with van der Waals surface area (Å²) in [6, 6.07) is 12.7. The van der Waals surface area contributed by atoms with Gasteiger partial charge in [-0.25, -0.2) is 0 Å². The number of hydrogen-bond acceptors (Lipinski definition) is 5. The van der Waals surface area contributed by atoms with Gasteiger partial charge >= 0.3 is 0 Å². The molecule has 2 aromatic carbocycles. The van der Waals surface area contributed by atoms with Crippen LogP contribution in [0.5, 0.6) is 17.2 Å². The average Bonchev–Trinajstić information content (AvgIpc) is 2.79. The van der Waals surface area contributed by atoms with Crippen LogP contribution in [0.2, 0.25) is 0 Å². The number of anilines is 1. The maximum atomic E-state index is 12.8. The maximum Gasteiger partial charge on any atom is 0.268 e. The fourth-order valence-electron chi connectivity index (χ4n) is 3.49. The maximum absolute atomic E-state index is 12.8. The molecule has 0 saturated carbocycles. The summed E-state index contributed by atoms with van der Waals surface area (Å²) in [7, 11) is 0. The Morgan fingerprint density at radius 1 is 1.09 bits per heavy atom. The lowest BCUT2D eigenvalue weighted by Crippen LogP contribution is -2.49. The van der Waals surface area contributed by atoms with Crippen LogP contribution >= 0.6 is 0 Å². The number of benzene rings is 2. The van der Waals surface area contributed by atoms with E-state index < -0.39 is 6.10 Å². The molecular weight excluding hydrogens is 408 g/mol. The second-order valence-corrected chi connectivity index (χ2v) is 7.84. The number of nitrogens with one attached hydrogen (secondary N) is 1. The van der Waals surface area contributed by atoms with Crippen molar-refractivity contribution in [3.8, 4) is 17.2 Å². The van der Waals surface area contributed by atoms with Crippen LogP contribution in [-0.4, -0.2) is 37.7 Å². The number of fused-ring (bicyclic) bond motifs is 1. The van der Waals surface area contributed by atoms with Crippen LogP contribution in [0.1, 0.15) is 52.1 Å². The summed E-state index contributed by atoms with van der Waals surface area (Å²) in [4.78, 5) is 26.9. The Labute approximate surface area is 189 Å². The SMILES string of the molecule is CCCOc1ccc(C(C)NC(=O)CN2C(=O)C(C)Oc3ccccc32)cc1OCCC. The molecule has 0 aromatic heterocycles. The third-order valence-electron chi connectivity index (χ3n) is 5.14. The highest BCUT2D eigenvalue weighted by atomic mass is 16.5. The number of para-hydroxylation sites is 2. The highest BCUT2D eigenvalue weighted by molar-refractivity contribution is 6.03. The Balaban J connectivity index is 1.71. The number of carbonyl (C=O) groups is 2. The van der Waals surface area contributed by atoms with Crippen molar-refractivity contribution in [2.24, 2.45) is 0 Å². The smallest absolute Gasteiger partial charge is 0.268 e. The van der Waals surface area contributed by atoms with Crippen LogP contribution < -0.4 is 24.4 Å². The molecule has 172 valence electrons. The molecule has 0 radical (unpaired) electrons. The molecule has 2 amide bonds. The fourth-order valence-corrected chi connectivity index (χ4v) is 3.49. The normalized spacial score (nSPS) is 16.1. The molecule has 1 aliphatic rings. The van der Waals surface area contributed by atoms with Gasteiger partial charge in [-0.1, -0.05) is 32.0 Å². The summed E-state index contributed by atoms with van der Waals surface area (Å²) in [5.41, 5.74) is 1.50. The van der Waals surface area contributed by atoms with Crippen LogP contribution in [0.15, 0.2) is 42.5 Å². The molecule has 7 nitrogen and oxygen atoms in total. The number of ether oxygens (including phenoxy) is 3. The summed E-state index contributed by atoms with van der Waals surface area (Å²) in [5, 5.41) is 2.99. The average molecular weight is 441 g/mol. The first-order chi connectivity index (χ1) is 15.4. The number of carbonyl (C=O) groups excluding carboxylic acids is 2. The summed E-state index contributed by atoms with van der Waals surface area (Å²) < 4.78 is 17.3. The minimum atomic E-state index is -0.635. The van der Waals surface area contributed by atoms with Crippen molar-refractivity contribution in [2.45, 2.75) is 52.7 Å². The second kappa shape index (κ2) is 10.9. The molecule has 2 unspecified atom stereocenters. The minimum Gasteiger partial charge on any atom is -0.490 e. The third-order valence-corrected chi connectivity index (χ3v) is 5.14. The predicted molar refractivity (Wildman–Crippen MR) is 123 cm³/mol. The van der Waals surface area contributed by atoms with Crippen molar-refractivity contribution in [1.82, 2.24) is 5.32 Å². The standard InChI is InChI=1S/C25H32N2O5/c1-5-13-30-22-12-11-19(15-23(22)31-14-6-2)17(3)26-24(28)16-27-20-9-7-8-10-21(20)32-18(4)25(27)29/h7-12,15,17-18H,5-6,13-14,16H2,1-4H3,(H,26,28). The van der Waals surface area contributed by atoms with Gasteiger partial charge in [0.2, 0.25) is 5.91 Å². The van der Waals surface area contributed by atoms with Gasteiger partial charge in [0.15, 0.2) is 17.6 Å². The van der Waals surface area contributed by atoms with Crippen molar-refractivity contribution in [3.05, 3.63) is 48.0 Å². The molecule has 2 aromatic rings. The number of hydrogen-bond donors (Lipinski definition) is 1. The van der Waals surface area contributed by atoms with Crippen molar-refractivity contribution in [1.29, 1.82) is 0 Å². The zero-order chi connectivity index (χ0) is 23.1. The van der Waals surface area contributed by atoms with E-state index in [-0.39, 0.29) is 24.4 Å². The van der Waals surface area contributed by atoms with E-state index in [1.807, 2.05) is 44.2 Å². The molecule has 1 N–H and O–H groups in total. The van der Waals surface area contributed by atoms with E-state index in [1.165, 1.54) is 4.90 Å². The quantitative estimate of drug-likeness (QED) is 0.598. The van der Waals surface area contributed by atoms with Crippen molar-refractivity contribution < 1.29 is 23.8 Å². The van der Waals surface area contributed by atoms with E-state index in [4.69, 9.17) is 14.2 Å². The lowest BCUT2D eigenvalue weighted by molar-refractivity contribution is -0.128. The molecule has 32 heavy (non-hydrogen) atoms. The van der Waals surface area contributed by atoms with E-state index in [0.29, 0.717) is 36.1 Å². The molecular formula is C25H32N2O5. The molecule has 0 spiro atoms. The van der Waals surface area contributed by atoms with Gasteiger partial charge in [-0.15, -0.1) is 0 Å². The highest BCUT2D eigenvalue weighted by Gasteiger charge is 2.32.